The summed E-state index contributed by atoms with van der Waals surface area (Å²) in [6.07, 6.45) is -1.89. The normalized spacial score (nSPS) is 25.5. The Morgan fingerprint density at radius 1 is 1.22 bits per heavy atom. The average molecular weight is 558 g/mol. The van der Waals surface area contributed by atoms with Gasteiger partial charge in [-0.3, -0.25) is 4.52 Å². The van der Waals surface area contributed by atoms with Crippen LogP contribution in [0.1, 0.15) is 24.3 Å². The molecular formula is C20H21FN4O10P2. The zero-order chi connectivity index (χ0) is 27.2. The summed E-state index contributed by atoms with van der Waals surface area (Å²) in [6.45, 7) is 0.350. The van der Waals surface area contributed by atoms with Crippen LogP contribution in [0.3, 0.4) is 0 Å². The highest BCUT2D eigenvalue weighted by Gasteiger charge is 2.54. The van der Waals surface area contributed by atoms with Crippen LogP contribution in [0, 0.1) is 17.7 Å². The maximum Gasteiger partial charge on any atom is 0.481 e. The first-order valence-electron chi connectivity index (χ1n) is 10.4. The second-order valence-electron chi connectivity index (χ2n) is 8.20. The van der Waals surface area contributed by atoms with Gasteiger partial charge in [-0.15, -0.1) is 0 Å². The molecule has 0 amide bonds. The molecule has 7 N–H and O–H groups in total. The van der Waals surface area contributed by atoms with Gasteiger partial charge in [-0.2, -0.15) is 4.31 Å². The van der Waals surface area contributed by atoms with Crippen molar-refractivity contribution in [2.75, 3.05) is 12.3 Å². The second kappa shape index (κ2) is 9.86. The Kier molecular flexibility index (Phi) is 7.28. The highest BCUT2D eigenvalue weighted by molar-refractivity contribution is 7.60. The van der Waals surface area contributed by atoms with E-state index in [-0.39, 0.29) is 11.5 Å². The van der Waals surface area contributed by atoms with E-state index in [0.717, 1.165) is 6.33 Å². The molecule has 1 aliphatic heterocycles. The third-order valence-corrected chi connectivity index (χ3v) is 7.59. The lowest BCUT2D eigenvalue weighted by molar-refractivity contribution is -0.0947. The van der Waals surface area contributed by atoms with Gasteiger partial charge in [-0.05, 0) is 31.2 Å². The molecule has 3 aromatic rings. The second-order valence-corrected chi connectivity index (χ2v) is 11.0. The minimum atomic E-state index is -5.36. The molecule has 1 unspecified atom stereocenters. The van der Waals surface area contributed by atoms with Gasteiger partial charge in [0.05, 0.1) is 17.6 Å². The third kappa shape index (κ3) is 5.90. The molecule has 1 aliphatic rings. The van der Waals surface area contributed by atoms with Crippen LogP contribution < -0.4 is 5.73 Å². The number of anilines is 1. The van der Waals surface area contributed by atoms with Crippen molar-refractivity contribution in [1.29, 1.82) is 0 Å². The van der Waals surface area contributed by atoms with Gasteiger partial charge in [0.1, 0.15) is 41.4 Å². The fraction of sp³-hybridized carbons (Fsp3) is 0.300. The third-order valence-electron chi connectivity index (χ3n) is 5.44. The lowest BCUT2D eigenvalue weighted by atomic mass is 9.96. The summed E-state index contributed by atoms with van der Waals surface area (Å²) in [7, 11) is -10.6. The SMILES string of the molecule is C[C@@]1(O)[C@H](O)[C@@H](COP(=O)(O)OP(=O)(O)O)O[C@H]1n1cc(C#Cc2ccc(F)cc2)c2c(N)ncnc21. The maximum absolute atomic E-state index is 13.2. The van der Waals surface area contributed by atoms with Gasteiger partial charge in [0.15, 0.2) is 6.23 Å². The number of phosphoric ester groups is 1. The fourth-order valence-electron chi connectivity index (χ4n) is 3.76. The molecule has 2 aromatic heterocycles. The number of aliphatic hydroxyl groups is 2. The number of ether oxygens (including phenoxy) is 1. The quantitative estimate of drug-likeness (QED) is 0.182. The first-order valence-corrected chi connectivity index (χ1v) is 13.4. The van der Waals surface area contributed by atoms with E-state index in [4.69, 9.17) is 20.3 Å². The largest absolute Gasteiger partial charge is 0.481 e. The number of aromatic nitrogens is 3. The summed E-state index contributed by atoms with van der Waals surface area (Å²) in [5.41, 5.74) is 5.01. The molecule has 4 rings (SSSR count). The van der Waals surface area contributed by atoms with Crippen LogP contribution >= 0.6 is 15.6 Å². The summed E-state index contributed by atoms with van der Waals surface area (Å²) >= 11 is 0. The van der Waals surface area contributed by atoms with E-state index >= 15 is 0 Å². The van der Waals surface area contributed by atoms with Crippen LogP contribution in [-0.2, 0) is 22.7 Å². The molecule has 1 saturated heterocycles. The molecule has 0 aliphatic carbocycles. The first-order chi connectivity index (χ1) is 17.2. The van der Waals surface area contributed by atoms with Gasteiger partial charge in [0.25, 0.3) is 0 Å². The number of hydrogen-bond acceptors (Lipinski definition) is 10. The fourth-order valence-corrected chi connectivity index (χ4v) is 5.36. The number of hydrogen-bond donors (Lipinski definition) is 6. The van der Waals surface area contributed by atoms with Crippen LogP contribution in [0.15, 0.2) is 36.8 Å². The Bertz CT molecular complexity index is 1480. The molecule has 1 aromatic carbocycles. The lowest BCUT2D eigenvalue weighted by Crippen LogP contribution is -2.44. The Balaban J connectivity index is 1.67. The highest BCUT2D eigenvalue weighted by atomic mass is 31.3. The monoisotopic (exact) mass is 558 g/mol. The number of aliphatic hydroxyl groups excluding tert-OH is 1. The number of halogens is 1. The zero-order valence-electron chi connectivity index (χ0n) is 18.9. The predicted molar refractivity (Wildman–Crippen MR) is 124 cm³/mol. The molecule has 14 nitrogen and oxygen atoms in total. The first kappa shape index (κ1) is 27.3. The molecule has 5 atom stereocenters. The van der Waals surface area contributed by atoms with Crippen molar-refractivity contribution in [3.8, 4) is 11.8 Å². The van der Waals surface area contributed by atoms with Gasteiger partial charge in [0, 0.05) is 11.8 Å². The van der Waals surface area contributed by atoms with E-state index in [0.29, 0.717) is 16.5 Å². The number of nitrogen functional groups attached to an aromatic ring is 1. The molecule has 17 heteroatoms. The van der Waals surface area contributed by atoms with Crippen molar-refractivity contribution in [2.45, 2.75) is 31.0 Å². The summed E-state index contributed by atoms with van der Waals surface area (Å²) in [5, 5.41) is 22.0. The van der Waals surface area contributed by atoms with Gasteiger partial charge in [-0.1, -0.05) is 11.8 Å². The average Bonchev–Trinajstić information content (AvgIpc) is 3.26. The van der Waals surface area contributed by atoms with E-state index in [2.05, 4.69) is 30.6 Å². The van der Waals surface area contributed by atoms with Gasteiger partial charge in [-0.25, -0.2) is 23.5 Å². The van der Waals surface area contributed by atoms with E-state index in [1.165, 1.54) is 42.0 Å². The van der Waals surface area contributed by atoms with E-state index < -0.39 is 52.1 Å². The Morgan fingerprint density at radius 3 is 2.54 bits per heavy atom. The van der Waals surface area contributed by atoms with Gasteiger partial charge >= 0.3 is 15.6 Å². The summed E-state index contributed by atoms with van der Waals surface area (Å²) in [4.78, 5) is 35.1. The number of nitrogens with two attached hydrogens (primary N) is 1. The molecule has 0 bridgehead atoms. The lowest BCUT2D eigenvalue weighted by Gasteiger charge is -2.27. The minimum Gasteiger partial charge on any atom is -0.387 e. The predicted octanol–water partition coefficient (Wildman–Crippen LogP) is 0.788. The number of rotatable bonds is 6. The molecule has 3 heterocycles. The summed E-state index contributed by atoms with van der Waals surface area (Å²) in [5.74, 6) is 5.37. The van der Waals surface area contributed by atoms with Crippen molar-refractivity contribution in [1.82, 2.24) is 14.5 Å². The van der Waals surface area contributed by atoms with Crippen LogP contribution in [0.2, 0.25) is 0 Å². The van der Waals surface area contributed by atoms with Crippen molar-refractivity contribution in [3.05, 3.63) is 53.7 Å². The topological polar surface area (TPSA) is 220 Å². The van der Waals surface area contributed by atoms with Gasteiger partial charge < -0.3 is 39.9 Å². The van der Waals surface area contributed by atoms with Crippen molar-refractivity contribution < 1.29 is 52.0 Å². The van der Waals surface area contributed by atoms with Crippen LogP contribution in [0.5, 0.6) is 0 Å². The van der Waals surface area contributed by atoms with E-state index in [1.54, 1.807) is 0 Å². The van der Waals surface area contributed by atoms with Crippen molar-refractivity contribution in [3.63, 3.8) is 0 Å². The van der Waals surface area contributed by atoms with Crippen molar-refractivity contribution >= 4 is 32.5 Å². The van der Waals surface area contributed by atoms with Crippen LogP contribution in [0.4, 0.5) is 10.2 Å². The number of benzene rings is 1. The maximum atomic E-state index is 13.2. The zero-order valence-corrected chi connectivity index (χ0v) is 20.7. The number of fused-ring (bicyclic) bond motifs is 1. The Morgan fingerprint density at radius 2 is 1.89 bits per heavy atom. The van der Waals surface area contributed by atoms with Gasteiger partial charge in [0.2, 0.25) is 0 Å². The smallest absolute Gasteiger partial charge is 0.387 e. The minimum absolute atomic E-state index is 0.0565. The van der Waals surface area contributed by atoms with E-state index in [9.17, 15) is 28.6 Å². The highest BCUT2D eigenvalue weighted by Crippen LogP contribution is 2.58. The van der Waals surface area contributed by atoms with Crippen LogP contribution in [0.25, 0.3) is 11.0 Å². The summed E-state index contributed by atoms with van der Waals surface area (Å²) < 4.78 is 51.1. The standard InChI is InChI=1S/C20H21FN4O10P2/c1-20(27)16(26)14(9-33-37(31,32)35-36(28,29)30)34-19(20)25-8-12(15-17(22)23-10-24-18(15)25)5-2-11-3-6-13(21)7-4-11/h3-4,6-8,10,14,16,19,26-27H,9H2,1H3,(H,31,32)(H2,22,23,24)(H2,28,29,30)/t14-,16-,19-,20-/m1/s1. The van der Waals surface area contributed by atoms with Crippen molar-refractivity contribution in [2.24, 2.45) is 0 Å². The molecule has 0 radical (unpaired) electrons. The number of nitrogens with zero attached hydrogens (tertiary/aromatic N) is 3. The molecule has 198 valence electrons. The molecule has 0 saturated carbocycles. The molecular weight excluding hydrogens is 537 g/mol. The molecule has 0 spiro atoms. The van der Waals surface area contributed by atoms with Crippen LogP contribution in [-0.4, -0.2) is 63.8 Å². The number of phosphoric acid groups is 2. The molecule has 1 fully saturated rings. The Labute approximate surface area is 208 Å². The summed E-state index contributed by atoms with van der Waals surface area (Å²) in [6, 6.07) is 5.44. The Hall–Kier alpha value is -2.73. The van der Waals surface area contributed by atoms with E-state index in [1.807, 2.05) is 0 Å². The molecule has 37 heavy (non-hydrogen) atoms.